The Balaban J connectivity index is 0.00000196. The van der Waals surface area contributed by atoms with Gasteiger partial charge in [-0.2, -0.15) is 0 Å². The molecule has 0 aliphatic carbocycles. The number of nitrogens with one attached hydrogen (secondary N) is 1. The number of nitrogens with zero attached hydrogens (tertiary/aromatic N) is 3. The Kier molecular flexibility index (Phi) is 9.77. The topological polar surface area (TPSA) is 91.6 Å². The number of carbonyl (C=O) groups excluding carboxylic acids is 2. The Hall–Kier alpha value is -1.78. The maximum Gasteiger partial charge on any atom is 0.273 e. The van der Waals surface area contributed by atoms with E-state index in [0.29, 0.717) is 44.1 Å². The number of aromatic nitrogens is 1. The molecule has 2 heterocycles. The van der Waals surface area contributed by atoms with Gasteiger partial charge in [0, 0.05) is 43.8 Å². The first kappa shape index (κ1) is 24.3. The fourth-order valence-electron chi connectivity index (χ4n) is 2.71. The molecular weight excluding hydrogens is 428 g/mol. The van der Waals surface area contributed by atoms with Crippen molar-refractivity contribution < 1.29 is 14.0 Å². The molecule has 7 nitrogen and oxygen atoms in total. The van der Waals surface area contributed by atoms with Crippen LogP contribution in [0.5, 0.6) is 0 Å². The highest BCUT2D eigenvalue weighted by molar-refractivity contribution is 7.09. The third-order valence-corrected chi connectivity index (χ3v) is 4.97. The smallest absolute Gasteiger partial charge is 0.273 e. The molecule has 3 rings (SSSR count). The zero-order valence-electron chi connectivity index (χ0n) is 15.0. The monoisotopic (exact) mass is 449 g/mol. The maximum absolute atomic E-state index is 12.9. The van der Waals surface area contributed by atoms with Crippen molar-refractivity contribution in [3.8, 4) is 0 Å². The fourth-order valence-corrected chi connectivity index (χ4v) is 3.36. The zero-order valence-corrected chi connectivity index (χ0v) is 17.4. The summed E-state index contributed by atoms with van der Waals surface area (Å²) in [7, 11) is 0. The van der Waals surface area contributed by atoms with Crippen LogP contribution >= 0.6 is 36.2 Å². The molecule has 1 aromatic heterocycles. The lowest BCUT2D eigenvalue weighted by molar-refractivity contribution is -0.117. The average Bonchev–Trinajstić information content (AvgIpc) is 3.13. The molecule has 2 amide bonds. The standard InChI is InChI=1S/C17H20FN5O2S.2ClH/c18-12-1-3-13(4-2-12)20-15(24)10-22-5-7-23(8-6-22)17(25)14-11-26-16(9-19)21-14;;/h1-4,11H,5-10,19H2,(H,20,24);2*1H. The number of carbonyl (C=O) groups is 2. The summed E-state index contributed by atoms with van der Waals surface area (Å²) < 4.78 is 12.9. The van der Waals surface area contributed by atoms with Gasteiger partial charge in [0.05, 0.1) is 6.54 Å². The minimum atomic E-state index is -0.345. The minimum absolute atomic E-state index is 0. The Morgan fingerprint density at radius 2 is 1.79 bits per heavy atom. The van der Waals surface area contributed by atoms with Crippen LogP contribution in [-0.2, 0) is 11.3 Å². The van der Waals surface area contributed by atoms with E-state index in [-0.39, 0.29) is 49.0 Å². The lowest BCUT2D eigenvalue weighted by Crippen LogP contribution is -2.50. The van der Waals surface area contributed by atoms with Gasteiger partial charge in [-0.1, -0.05) is 0 Å². The lowest BCUT2D eigenvalue weighted by atomic mass is 10.2. The van der Waals surface area contributed by atoms with Crippen LogP contribution in [0.25, 0.3) is 0 Å². The van der Waals surface area contributed by atoms with Gasteiger partial charge in [-0.15, -0.1) is 36.2 Å². The van der Waals surface area contributed by atoms with E-state index < -0.39 is 0 Å². The molecule has 0 saturated carbocycles. The first-order valence-corrected chi connectivity index (χ1v) is 9.14. The molecule has 0 unspecified atom stereocenters. The molecule has 2 aromatic rings. The van der Waals surface area contributed by atoms with Crippen LogP contribution in [0.4, 0.5) is 10.1 Å². The van der Waals surface area contributed by atoms with Crippen LogP contribution in [0.2, 0.25) is 0 Å². The number of rotatable bonds is 5. The summed E-state index contributed by atoms with van der Waals surface area (Å²) in [5.74, 6) is -0.609. The van der Waals surface area contributed by atoms with Gasteiger partial charge in [0.25, 0.3) is 5.91 Å². The van der Waals surface area contributed by atoms with E-state index in [2.05, 4.69) is 10.3 Å². The van der Waals surface area contributed by atoms with E-state index in [0.717, 1.165) is 5.01 Å². The number of nitrogens with two attached hydrogens (primary N) is 1. The van der Waals surface area contributed by atoms with Crippen molar-refractivity contribution >= 4 is 53.7 Å². The molecule has 0 bridgehead atoms. The van der Waals surface area contributed by atoms with Crippen LogP contribution in [0.15, 0.2) is 29.6 Å². The van der Waals surface area contributed by atoms with E-state index in [1.807, 2.05) is 4.90 Å². The molecule has 0 radical (unpaired) electrons. The van der Waals surface area contributed by atoms with Gasteiger partial charge in [0.15, 0.2) is 0 Å². The van der Waals surface area contributed by atoms with Crippen molar-refractivity contribution in [3.63, 3.8) is 0 Å². The quantitative estimate of drug-likeness (QED) is 0.727. The molecule has 154 valence electrons. The van der Waals surface area contributed by atoms with Gasteiger partial charge < -0.3 is 16.0 Å². The maximum atomic E-state index is 12.9. The Labute approximate surface area is 178 Å². The van der Waals surface area contributed by atoms with Crippen LogP contribution in [0, 0.1) is 5.82 Å². The van der Waals surface area contributed by atoms with Gasteiger partial charge in [-0.05, 0) is 24.3 Å². The number of thiazole rings is 1. The summed E-state index contributed by atoms with van der Waals surface area (Å²) in [5.41, 5.74) is 6.52. The molecule has 1 saturated heterocycles. The lowest BCUT2D eigenvalue weighted by Gasteiger charge is -2.33. The Morgan fingerprint density at radius 3 is 2.36 bits per heavy atom. The third-order valence-electron chi connectivity index (χ3n) is 4.10. The Morgan fingerprint density at radius 1 is 1.14 bits per heavy atom. The van der Waals surface area contributed by atoms with Gasteiger partial charge in [-0.25, -0.2) is 9.37 Å². The van der Waals surface area contributed by atoms with Crippen LogP contribution in [0.1, 0.15) is 15.5 Å². The van der Waals surface area contributed by atoms with Crippen molar-refractivity contribution in [1.29, 1.82) is 0 Å². The van der Waals surface area contributed by atoms with E-state index in [9.17, 15) is 14.0 Å². The van der Waals surface area contributed by atoms with Crippen molar-refractivity contribution in [3.05, 3.63) is 46.2 Å². The summed E-state index contributed by atoms with van der Waals surface area (Å²) in [6.45, 7) is 2.85. The highest BCUT2D eigenvalue weighted by Crippen LogP contribution is 2.13. The van der Waals surface area contributed by atoms with E-state index in [1.54, 1.807) is 10.3 Å². The van der Waals surface area contributed by atoms with Gasteiger partial charge >= 0.3 is 0 Å². The summed E-state index contributed by atoms with van der Waals surface area (Å²) in [5, 5.41) is 5.21. The highest BCUT2D eigenvalue weighted by atomic mass is 35.5. The number of benzene rings is 1. The molecule has 1 fully saturated rings. The van der Waals surface area contributed by atoms with Crippen LogP contribution in [0.3, 0.4) is 0 Å². The fraction of sp³-hybridized carbons (Fsp3) is 0.353. The average molecular weight is 450 g/mol. The zero-order chi connectivity index (χ0) is 18.5. The number of amides is 2. The van der Waals surface area contributed by atoms with Crippen molar-refractivity contribution in [2.75, 3.05) is 38.0 Å². The Bertz CT molecular complexity index is 782. The third kappa shape index (κ3) is 6.39. The predicted molar refractivity (Wildman–Crippen MR) is 112 cm³/mol. The SMILES string of the molecule is Cl.Cl.NCc1nc(C(=O)N2CCN(CC(=O)Nc3ccc(F)cc3)CC2)cs1. The largest absolute Gasteiger partial charge is 0.335 e. The normalized spacial score (nSPS) is 14.0. The molecular formula is C17H22Cl2FN5O2S. The molecule has 11 heteroatoms. The number of halogens is 3. The molecule has 3 N–H and O–H groups in total. The van der Waals surface area contributed by atoms with Crippen molar-refractivity contribution in [2.24, 2.45) is 5.73 Å². The second-order valence-electron chi connectivity index (χ2n) is 5.95. The van der Waals surface area contributed by atoms with Crippen LogP contribution in [-0.4, -0.2) is 59.3 Å². The van der Waals surface area contributed by atoms with E-state index in [1.165, 1.54) is 35.6 Å². The molecule has 28 heavy (non-hydrogen) atoms. The molecule has 1 aliphatic rings. The van der Waals surface area contributed by atoms with E-state index in [4.69, 9.17) is 5.73 Å². The molecule has 0 atom stereocenters. The van der Waals surface area contributed by atoms with Gasteiger partial charge in [0.2, 0.25) is 5.91 Å². The summed E-state index contributed by atoms with van der Waals surface area (Å²) in [6.07, 6.45) is 0. The summed E-state index contributed by atoms with van der Waals surface area (Å²) >= 11 is 1.38. The second-order valence-corrected chi connectivity index (χ2v) is 6.90. The van der Waals surface area contributed by atoms with Crippen LogP contribution < -0.4 is 11.1 Å². The number of anilines is 1. The molecule has 1 aromatic carbocycles. The highest BCUT2D eigenvalue weighted by Gasteiger charge is 2.24. The summed E-state index contributed by atoms with van der Waals surface area (Å²) in [4.78, 5) is 32.5. The molecule has 0 spiro atoms. The van der Waals surface area contributed by atoms with Gasteiger partial charge in [0.1, 0.15) is 16.5 Å². The van der Waals surface area contributed by atoms with Crippen molar-refractivity contribution in [2.45, 2.75) is 6.54 Å². The minimum Gasteiger partial charge on any atom is -0.335 e. The number of piperazine rings is 1. The number of hydrogen-bond acceptors (Lipinski definition) is 6. The van der Waals surface area contributed by atoms with Crippen molar-refractivity contribution in [1.82, 2.24) is 14.8 Å². The summed E-state index contributed by atoms with van der Waals surface area (Å²) in [6, 6.07) is 5.64. The molecule has 1 aliphatic heterocycles. The first-order chi connectivity index (χ1) is 12.5. The second kappa shape index (κ2) is 11.3. The first-order valence-electron chi connectivity index (χ1n) is 8.26. The van der Waals surface area contributed by atoms with Gasteiger partial charge in [-0.3, -0.25) is 14.5 Å². The van der Waals surface area contributed by atoms with E-state index >= 15 is 0 Å². The number of hydrogen-bond donors (Lipinski definition) is 2. The predicted octanol–water partition coefficient (Wildman–Crippen LogP) is 1.98.